The van der Waals surface area contributed by atoms with Gasteiger partial charge in [0.05, 0.1) is 5.56 Å². The van der Waals surface area contributed by atoms with Crippen molar-refractivity contribution in [1.29, 1.82) is 5.26 Å². The molecule has 0 aliphatic rings. The van der Waals surface area contributed by atoms with Crippen LogP contribution in [0, 0.1) is 11.3 Å². The Morgan fingerprint density at radius 3 is 2.65 bits per heavy atom. The van der Waals surface area contributed by atoms with Gasteiger partial charge in [-0.1, -0.05) is 24.3 Å². The molecule has 4 nitrogen and oxygen atoms in total. The number of fused-ring (bicyclic) bond motifs is 1. The Kier molecular flexibility index (Phi) is 4.50. The highest BCUT2D eigenvalue weighted by Crippen LogP contribution is 2.30. The molecule has 0 unspecified atom stereocenters. The Bertz CT molecular complexity index is 1040. The lowest BCUT2D eigenvalue weighted by atomic mass is 10.1. The quantitative estimate of drug-likeness (QED) is 0.527. The van der Waals surface area contributed by atoms with E-state index < -0.39 is 17.6 Å². The molecule has 0 aliphatic carbocycles. The molecule has 1 heterocycles. The number of amides is 1. The predicted molar refractivity (Wildman–Crippen MR) is 92.0 cm³/mol. The van der Waals surface area contributed by atoms with Crippen LogP contribution in [0.3, 0.4) is 0 Å². The van der Waals surface area contributed by atoms with Crippen LogP contribution >= 0.6 is 0 Å². The molecular weight excluding hydrogens is 343 g/mol. The first-order chi connectivity index (χ1) is 12.4. The summed E-state index contributed by atoms with van der Waals surface area (Å²) < 4.78 is 38.3. The summed E-state index contributed by atoms with van der Waals surface area (Å²) in [6, 6.07) is 13.4. The summed E-state index contributed by atoms with van der Waals surface area (Å²) in [4.78, 5) is 15.3. The molecule has 130 valence electrons. The van der Waals surface area contributed by atoms with E-state index in [1.165, 1.54) is 18.2 Å². The number of para-hydroxylation sites is 1. The number of rotatable bonds is 3. The molecular formula is C19H12F3N3O. The van der Waals surface area contributed by atoms with Crippen molar-refractivity contribution in [3.63, 3.8) is 0 Å². The van der Waals surface area contributed by atoms with E-state index in [1.54, 1.807) is 12.3 Å². The van der Waals surface area contributed by atoms with Gasteiger partial charge in [-0.25, -0.2) is 0 Å². The first-order valence-corrected chi connectivity index (χ1v) is 7.55. The van der Waals surface area contributed by atoms with E-state index >= 15 is 0 Å². The maximum Gasteiger partial charge on any atom is 0.416 e. The summed E-state index contributed by atoms with van der Waals surface area (Å²) in [6.45, 7) is 0. The number of hydrogen-bond acceptors (Lipinski definition) is 2. The van der Waals surface area contributed by atoms with E-state index in [0.717, 1.165) is 23.0 Å². The van der Waals surface area contributed by atoms with E-state index in [9.17, 15) is 23.2 Å². The minimum absolute atomic E-state index is 0.0371. The first-order valence-electron chi connectivity index (χ1n) is 7.55. The summed E-state index contributed by atoms with van der Waals surface area (Å²) in [6.07, 6.45) is -1.47. The summed E-state index contributed by atoms with van der Waals surface area (Å²) >= 11 is 0. The molecule has 0 fully saturated rings. The van der Waals surface area contributed by atoms with Gasteiger partial charge >= 0.3 is 6.18 Å². The molecule has 0 bridgehead atoms. The van der Waals surface area contributed by atoms with Gasteiger partial charge in [0.2, 0.25) is 0 Å². The number of alkyl halides is 3. The van der Waals surface area contributed by atoms with Crippen LogP contribution in [-0.4, -0.2) is 10.9 Å². The number of halogens is 3. The average molecular weight is 355 g/mol. The summed E-state index contributed by atoms with van der Waals surface area (Å²) in [5.41, 5.74) is 0.345. The number of carbonyl (C=O) groups is 1. The van der Waals surface area contributed by atoms with Crippen LogP contribution in [0.1, 0.15) is 11.1 Å². The molecule has 0 saturated heterocycles. The fraction of sp³-hybridized carbons (Fsp3) is 0.0526. The lowest BCUT2D eigenvalue weighted by Gasteiger charge is -2.09. The van der Waals surface area contributed by atoms with Crippen LogP contribution in [0.4, 0.5) is 18.9 Å². The standard InChI is InChI=1S/C19H12F3N3O/c20-19(21,22)14-4-3-5-15(9-14)25-18(26)12(10-23)8-13-11-24-17-7-2-1-6-16(13)17/h1-9,11,24H,(H,25,26)/b12-8+. The third-order valence-electron chi connectivity index (χ3n) is 3.73. The Labute approximate surface area is 146 Å². The zero-order valence-electron chi connectivity index (χ0n) is 13.3. The van der Waals surface area contributed by atoms with Gasteiger partial charge in [-0.3, -0.25) is 4.79 Å². The molecule has 0 spiro atoms. The second-order valence-electron chi connectivity index (χ2n) is 5.49. The minimum atomic E-state index is -4.52. The number of hydrogen-bond donors (Lipinski definition) is 2. The molecule has 7 heteroatoms. The highest BCUT2D eigenvalue weighted by Gasteiger charge is 2.30. The molecule has 3 aromatic rings. The van der Waals surface area contributed by atoms with Crippen molar-refractivity contribution < 1.29 is 18.0 Å². The van der Waals surface area contributed by atoms with Crippen LogP contribution in [0.5, 0.6) is 0 Å². The molecule has 3 rings (SSSR count). The zero-order valence-corrected chi connectivity index (χ0v) is 13.3. The zero-order chi connectivity index (χ0) is 18.7. The maximum atomic E-state index is 12.8. The highest BCUT2D eigenvalue weighted by atomic mass is 19.4. The van der Waals surface area contributed by atoms with Crippen molar-refractivity contribution in [2.45, 2.75) is 6.18 Å². The number of aromatic amines is 1. The largest absolute Gasteiger partial charge is 0.416 e. The smallest absolute Gasteiger partial charge is 0.361 e. The molecule has 1 aromatic heterocycles. The van der Waals surface area contributed by atoms with Crippen LogP contribution in [0.15, 0.2) is 60.3 Å². The van der Waals surface area contributed by atoms with Crippen molar-refractivity contribution >= 4 is 28.6 Å². The molecule has 0 saturated carbocycles. The van der Waals surface area contributed by atoms with Crippen LogP contribution < -0.4 is 5.32 Å². The SMILES string of the molecule is N#C/C(=C\c1c[nH]c2ccccc12)C(=O)Nc1cccc(C(F)(F)F)c1. The Morgan fingerprint density at radius 1 is 1.15 bits per heavy atom. The maximum absolute atomic E-state index is 12.8. The van der Waals surface area contributed by atoms with Crippen molar-refractivity contribution in [2.75, 3.05) is 5.32 Å². The van der Waals surface area contributed by atoms with Crippen molar-refractivity contribution in [3.05, 3.63) is 71.4 Å². The van der Waals surface area contributed by atoms with Gasteiger partial charge in [0.25, 0.3) is 5.91 Å². The minimum Gasteiger partial charge on any atom is -0.361 e. The number of anilines is 1. The number of nitrogens with one attached hydrogen (secondary N) is 2. The summed E-state index contributed by atoms with van der Waals surface area (Å²) in [5.74, 6) is -0.780. The van der Waals surface area contributed by atoms with E-state index in [-0.39, 0.29) is 11.3 Å². The van der Waals surface area contributed by atoms with E-state index in [2.05, 4.69) is 10.3 Å². The average Bonchev–Trinajstić information content (AvgIpc) is 3.02. The van der Waals surface area contributed by atoms with Crippen LogP contribution in [0.25, 0.3) is 17.0 Å². The molecule has 1 amide bonds. The van der Waals surface area contributed by atoms with Gasteiger partial charge in [0, 0.05) is 28.4 Å². The lowest BCUT2D eigenvalue weighted by Crippen LogP contribution is -2.14. The lowest BCUT2D eigenvalue weighted by molar-refractivity contribution is -0.137. The van der Waals surface area contributed by atoms with Gasteiger partial charge in [-0.05, 0) is 30.3 Å². The fourth-order valence-corrected chi connectivity index (χ4v) is 2.49. The molecule has 2 aromatic carbocycles. The van der Waals surface area contributed by atoms with Gasteiger partial charge < -0.3 is 10.3 Å². The van der Waals surface area contributed by atoms with Gasteiger partial charge in [-0.2, -0.15) is 18.4 Å². The molecule has 26 heavy (non-hydrogen) atoms. The third-order valence-corrected chi connectivity index (χ3v) is 3.73. The van der Waals surface area contributed by atoms with Crippen LogP contribution in [0.2, 0.25) is 0 Å². The topological polar surface area (TPSA) is 68.7 Å². The fourth-order valence-electron chi connectivity index (χ4n) is 2.49. The molecule has 0 radical (unpaired) electrons. The second-order valence-corrected chi connectivity index (χ2v) is 5.49. The summed E-state index contributed by atoms with van der Waals surface area (Å²) in [5, 5.41) is 12.4. The Hall–Kier alpha value is -3.53. The number of aromatic nitrogens is 1. The monoisotopic (exact) mass is 355 g/mol. The number of benzene rings is 2. The molecule has 0 atom stereocenters. The Morgan fingerprint density at radius 2 is 1.92 bits per heavy atom. The number of carbonyl (C=O) groups excluding carboxylic acids is 1. The first kappa shape index (κ1) is 17.3. The number of nitriles is 1. The summed E-state index contributed by atoms with van der Waals surface area (Å²) in [7, 11) is 0. The highest BCUT2D eigenvalue weighted by molar-refractivity contribution is 6.10. The normalized spacial score (nSPS) is 12.0. The molecule has 2 N–H and O–H groups in total. The number of nitrogens with zero attached hydrogens (tertiary/aromatic N) is 1. The van der Waals surface area contributed by atoms with Crippen molar-refractivity contribution in [1.82, 2.24) is 4.98 Å². The molecule has 0 aliphatic heterocycles. The number of H-pyrrole nitrogens is 1. The van der Waals surface area contributed by atoms with E-state index in [1.807, 2.05) is 24.3 Å². The van der Waals surface area contributed by atoms with Gasteiger partial charge in [-0.15, -0.1) is 0 Å². The van der Waals surface area contributed by atoms with Crippen molar-refractivity contribution in [2.24, 2.45) is 0 Å². The van der Waals surface area contributed by atoms with E-state index in [4.69, 9.17) is 0 Å². The van der Waals surface area contributed by atoms with Gasteiger partial charge in [0.15, 0.2) is 0 Å². The third kappa shape index (κ3) is 3.59. The van der Waals surface area contributed by atoms with Crippen molar-refractivity contribution in [3.8, 4) is 6.07 Å². The van der Waals surface area contributed by atoms with Gasteiger partial charge in [0.1, 0.15) is 11.6 Å². The predicted octanol–water partition coefficient (Wildman–Crippen LogP) is 4.73. The van der Waals surface area contributed by atoms with Crippen LogP contribution in [-0.2, 0) is 11.0 Å². The van der Waals surface area contributed by atoms with E-state index in [0.29, 0.717) is 5.56 Å². The second kappa shape index (κ2) is 6.76. The Balaban J connectivity index is 1.87.